The van der Waals surface area contributed by atoms with E-state index in [4.69, 9.17) is 23.7 Å². The van der Waals surface area contributed by atoms with Crippen LogP contribution in [0.1, 0.15) is 99.5 Å². The van der Waals surface area contributed by atoms with E-state index in [9.17, 15) is 14.7 Å². The third-order valence-electron chi connectivity index (χ3n) is 11.0. The number of aryl methyl sites for hydroxylation is 1. The average Bonchev–Trinajstić information content (AvgIpc) is 3.62. The number of esters is 1. The van der Waals surface area contributed by atoms with Gasteiger partial charge < -0.3 is 28.8 Å². The van der Waals surface area contributed by atoms with E-state index in [1.54, 1.807) is 13.0 Å². The van der Waals surface area contributed by atoms with Crippen LogP contribution in [0, 0.1) is 23.7 Å². The summed E-state index contributed by atoms with van der Waals surface area (Å²) in [7, 11) is 3.05. The Hall–Kier alpha value is -3.22. The number of nitrogens with zero attached hydrogens (tertiary/aromatic N) is 3. The van der Waals surface area contributed by atoms with Crippen LogP contribution in [0.25, 0.3) is 11.3 Å². The fourth-order valence-electron chi connectivity index (χ4n) is 7.57. The zero-order chi connectivity index (χ0) is 39.6. The van der Waals surface area contributed by atoms with Crippen LogP contribution in [0.2, 0.25) is 0 Å². The minimum Gasteiger partial charge on any atom is -0.462 e. The molecule has 0 radical (unpaired) electrons. The van der Waals surface area contributed by atoms with Gasteiger partial charge in [0.2, 0.25) is 0 Å². The maximum Gasteiger partial charge on any atom is 0.306 e. The number of hydrogen-bond acceptors (Lipinski definition) is 10. The van der Waals surface area contributed by atoms with Gasteiger partial charge in [0.05, 0.1) is 18.9 Å². The summed E-state index contributed by atoms with van der Waals surface area (Å²) in [5, 5.41) is 19.5. The number of carbonyl (C=O) groups excluding carboxylic acids is 2. The molecule has 2 aromatic rings. The van der Waals surface area contributed by atoms with E-state index >= 15 is 0 Å². The molecule has 2 aliphatic rings. The number of rotatable bonds is 10. The highest BCUT2D eigenvalue weighted by molar-refractivity contribution is 5.91. The van der Waals surface area contributed by atoms with Gasteiger partial charge in [0.15, 0.2) is 12.1 Å². The maximum atomic E-state index is 13.5. The molecule has 1 saturated heterocycles. The molecule has 2 aliphatic heterocycles. The quantitative estimate of drug-likeness (QED) is 0.248. The lowest BCUT2D eigenvalue weighted by Gasteiger charge is -2.42. The number of ketones is 1. The van der Waals surface area contributed by atoms with Crippen molar-refractivity contribution in [2.24, 2.45) is 23.7 Å². The molecular formula is C43H65N3O8. The van der Waals surface area contributed by atoms with Crippen LogP contribution < -0.4 is 0 Å². The highest BCUT2D eigenvalue weighted by Crippen LogP contribution is 2.31. The number of aliphatic hydroxyl groups is 1. The molecule has 0 spiro atoms. The smallest absolute Gasteiger partial charge is 0.306 e. The van der Waals surface area contributed by atoms with Crippen molar-refractivity contribution < 1.29 is 38.4 Å². The topological polar surface area (TPSA) is 131 Å². The average molecular weight is 752 g/mol. The largest absolute Gasteiger partial charge is 0.462 e. The molecular weight excluding hydrogens is 686 g/mol. The molecule has 11 heteroatoms. The second kappa shape index (κ2) is 20.1. The Morgan fingerprint density at radius 3 is 2.35 bits per heavy atom. The van der Waals surface area contributed by atoms with Gasteiger partial charge in [-0.2, -0.15) is 0 Å². The number of carbonyl (C=O) groups is 2. The third kappa shape index (κ3) is 12.1. The molecule has 1 aromatic carbocycles. The van der Waals surface area contributed by atoms with Crippen molar-refractivity contribution >= 4 is 11.8 Å². The number of aliphatic hydroxyl groups excluding tert-OH is 1. The predicted molar refractivity (Wildman–Crippen MR) is 209 cm³/mol. The molecule has 4 rings (SSSR count). The number of aromatic nitrogens is 3. The van der Waals surface area contributed by atoms with Crippen LogP contribution >= 0.6 is 0 Å². The fourth-order valence-corrected chi connectivity index (χ4v) is 7.57. The van der Waals surface area contributed by atoms with Gasteiger partial charge in [-0.3, -0.25) is 14.3 Å². The van der Waals surface area contributed by atoms with Gasteiger partial charge in [-0.1, -0.05) is 88.7 Å². The number of methoxy groups -OCH3 is 2. The van der Waals surface area contributed by atoms with E-state index in [-0.39, 0.29) is 47.4 Å². The first kappa shape index (κ1) is 43.5. The number of allylic oxidation sites excluding steroid dienone is 3. The first-order valence-corrected chi connectivity index (χ1v) is 19.7. The summed E-state index contributed by atoms with van der Waals surface area (Å²) in [6.07, 6.45) is 7.57. The minimum absolute atomic E-state index is 0.0807. The lowest BCUT2D eigenvalue weighted by Crippen LogP contribution is -2.59. The van der Waals surface area contributed by atoms with Crippen LogP contribution in [-0.2, 0) is 45.2 Å². The predicted octanol–water partition coefficient (Wildman–Crippen LogP) is 7.26. The van der Waals surface area contributed by atoms with Crippen molar-refractivity contribution in [3.63, 3.8) is 0 Å². The zero-order valence-corrected chi connectivity index (χ0v) is 34.2. The molecule has 10 atom stereocenters. The van der Waals surface area contributed by atoms with E-state index in [1.165, 1.54) is 19.8 Å². The molecule has 0 amide bonds. The van der Waals surface area contributed by atoms with E-state index in [0.29, 0.717) is 25.8 Å². The lowest BCUT2D eigenvalue weighted by molar-refractivity contribution is -0.304. The van der Waals surface area contributed by atoms with Gasteiger partial charge >= 0.3 is 5.97 Å². The summed E-state index contributed by atoms with van der Waals surface area (Å²) in [5.41, 5.74) is 4.09. The molecule has 300 valence electrons. The SMILES string of the molecule is CCC1OC(=O)CCC(C)CC(CCn2cc(-c3ccc(C(C)(C)C)cc3)nn2)CC(C)C(=O)C=CC(C)=CC1COC1OC(C)C(O)C(OC)C1OC. The maximum absolute atomic E-state index is 13.5. The van der Waals surface area contributed by atoms with Gasteiger partial charge in [0.25, 0.3) is 0 Å². The minimum atomic E-state index is -0.874. The Balaban J connectivity index is 1.46. The van der Waals surface area contributed by atoms with Crippen LogP contribution in [0.15, 0.2) is 54.3 Å². The standard InChI is InChI=1S/C43H65N3O8/c1-11-37-33(26-52-42-41(51-10)40(50-9)39(49)30(5)53-42)23-28(3)12-18-36(47)29(4)24-31(22-27(2)13-19-38(48)54-37)20-21-46-25-35(44-45-46)32-14-16-34(17-15-32)43(6,7)8/h12,14-18,23,25,27,29-31,33,37,39-42,49H,11,13,19-22,24,26H2,1-10H3. The van der Waals surface area contributed by atoms with Gasteiger partial charge in [0, 0.05) is 44.6 Å². The van der Waals surface area contributed by atoms with Gasteiger partial charge in [-0.05, 0) is 74.8 Å². The Morgan fingerprint density at radius 2 is 1.70 bits per heavy atom. The molecule has 1 N–H and O–H groups in total. The van der Waals surface area contributed by atoms with Gasteiger partial charge in [-0.25, -0.2) is 0 Å². The van der Waals surface area contributed by atoms with Crippen LogP contribution in [0.3, 0.4) is 0 Å². The summed E-state index contributed by atoms with van der Waals surface area (Å²) >= 11 is 0. The van der Waals surface area contributed by atoms with E-state index in [1.807, 2.05) is 43.8 Å². The molecule has 10 unspecified atom stereocenters. The summed E-state index contributed by atoms with van der Waals surface area (Å²) in [5.74, 6) is -0.135. The molecule has 0 saturated carbocycles. The van der Waals surface area contributed by atoms with Gasteiger partial charge in [-0.15, -0.1) is 5.10 Å². The lowest BCUT2D eigenvalue weighted by atomic mass is 9.83. The second-order valence-corrected chi connectivity index (χ2v) is 16.5. The molecule has 54 heavy (non-hydrogen) atoms. The molecule has 0 bridgehead atoms. The third-order valence-corrected chi connectivity index (χ3v) is 11.0. The van der Waals surface area contributed by atoms with E-state index in [0.717, 1.165) is 36.1 Å². The highest BCUT2D eigenvalue weighted by Gasteiger charge is 2.45. The van der Waals surface area contributed by atoms with Gasteiger partial charge in [0.1, 0.15) is 30.1 Å². The molecule has 1 aromatic heterocycles. The first-order valence-electron chi connectivity index (χ1n) is 19.7. The highest BCUT2D eigenvalue weighted by atomic mass is 16.7. The normalized spacial score (nSPS) is 30.9. The van der Waals surface area contributed by atoms with E-state index < -0.39 is 36.8 Å². The molecule has 0 aliphatic carbocycles. The fraction of sp³-hybridized carbons (Fsp3) is 0.674. The van der Waals surface area contributed by atoms with Crippen molar-refractivity contribution in [3.05, 3.63) is 59.8 Å². The van der Waals surface area contributed by atoms with E-state index in [2.05, 4.69) is 62.3 Å². The Labute approximate surface area is 322 Å². The molecule has 3 heterocycles. The van der Waals surface area contributed by atoms with Crippen molar-refractivity contribution in [3.8, 4) is 11.3 Å². The number of cyclic esters (lactones) is 1. The zero-order valence-electron chi connectivity index (χ0n) is 34.2. The Bertz CT molecular complexity index is 1550. The Morgan fingerprint density at radius 1 is 1.00 bits per heavy atom. The first-order chi connectivity index (χ1) is 25.6. The van der Waals surface area contributed by atoms with Crippen LogP contribution in [0.4, 0.5) is 0 Å². The number of hydrogen-bond donors (Lipinski definition) is 1. The second-order valence-electron chi connectivity index (χ2n) is 16.5. The van der Waals surface area contributed by atoms with Crippen LogP contribution in [-0.4, -0.2) is 89.5 Å². The van der Waals surface area contributed by atoms with Crippen molar-refractivity contribution in [1.29, 1.82) is 0 Å². The van der Waals surface area contributed by atoms with Crippen LogP contribution in [0.5, 0.6) is 0 Å². The number of benzene rings is 1. The monoisotopic (exact) mass is 751 g/mol. The summed E-state index contributed by atoms with van der Waals surface area (Å²) < 4.78 is 31.4. The summed E-state index contributed by atoms with van der Waals surface area (Å²) in [6.45, 7) is 17.3. The molecule has 11 nitrogen and oxygen atoms in total. The summed E-state index contributed by atoms with van der Waals surface area (Å²) in [4.78, 5) is 26.8. The van der Waals surface area contributed by atoms with Crippen molar-refractivity contribution in [2.45, 2.75) is 143 Å². The summed E-state index contributed by atoms with van der Waals surface area (Å²) in [6, 6.07) is 8.51. The van der Waals surface area contributed by atoms with Crippen molar-refractivity contribution in [1.82, 2.24) is 15.0 Å². The number of ether oxygens (including phenoxy) is 5. The van der Waals surface area contributed by atoms with Crippen molar-refractivity contribution in [2.75, 3.05) is 20.8 Å². The Kier molecular flexibility index (Phi) is 16.2. The molecule has 1 fully saturated rings.